The topological polar surface area (TPSA) is 65.1 Å². The van der Waals surface area contributed by atoms with Crippen molar-refractivity contribution in [1.29, 1.82) is 0 Å². The van der Waals surface area contributed by atoms with Gasteiger partial charge < -0.3 is 14.2 Å². The Kier molecular flexibility index (Phi) is 13.4. The third-order valence-corrected chi connectivity index (χ3v) is 7.09. The van der Waals surface area contributed by atoms with Gasteiger partial charge in [0.15, 0.2) is 0 Å². The quantitative estimate of drug-likeness (QED) is 0.125. The number of hydrogen-bond acceptors (Lipinski definition) is 5. The number of esters is 2. The van der Waals surface area contributed by atoms with E-state index >= 15 is 0 Å². The summed E-state index contributed by atoms with van der Waals surface area (Å²) in [6, 6.07) is 0. The Morgan fingerprint density at radius 2 is 1.00 bits per heavy atom. The van der Waals surface area contributed by atoms with Gasteiger partial charge >= 0.3 is 11.9 Å². The number of carbonyl (C=O) groups is 2. The molecule has 5 heteroatoms. The van der Waals surface area contributed by atoms with E-state index in [0.29, 0.717) is 26.1 Å². The minimum Gasteiger partial charge on any atom is -0.465 e. The van der Waals surface area contributed by atoms with Gasteiger partial charge in [-0.15, -0.1) is 0 Å². The fraction of sp³-hybridized carbons (Fsp3) is 0.929. The zero-order chi connectivity index (χ0) is 24.1. The van der Waals surface area contributed by atoms with Crippen molar-refractivity contribution in [3.63, 3.8) is 0 Å². The lowest BCUT2D eigenvalue weighted by Crippen LogP contribution is -2.37. The van der Waals surface area contributed by atoms with Crippen LogP contribution < -0.4 is 0 Å². The van der Waals surface area contributed by atoms with Gasteiger partial charge in [-0.2, -0.15) is 0 Å². The van der Waals surface area contributed by atoms with Crippen molar-refractivity contribution in [3.05, 3.63) is 0 Å². The van der Waals surface area contributed by atoms with Crippen LogP contribution in [0.15, 0.2) is 0 Å². The lowest BCUT2D eigenvalue weighted by Gasteiger charge is -2.26. The van der Waals surface area contributed by atoms with Crippen molar-refractivity contribution in [1.82, 2.24) is 0 Å². The Hall–Kier alpha value is -1.10. The molecule has 0 amide bonds. The summed E-state index contributed by atoms with van der Waals surface area (Å²) in [6.45, 7) is 9.95. The predicted molar refractivity (Wildman–Crippen MR) is 132 cm³/mol. The molecule has 0 aromatic rings. The molecule has 0 radical (unpaired) electrons. The normalized spacial score (nSPS) is 24.1. The van der Waals surface area contributed by atoms with Gasteiger partial charge in [-0.25, -0.2) is 0 Å². The third-order valence-electron chi connectivity index (χ3n) is 7.09. The fourth-order valence-corrected chi connectivity index (χ4v) is 4.87. The molecule has 0 aromatic carbocycles. The highest BCUT2D eigenvalue weighted by Crippen LogP contribution is 2.43. The zero-order valence-corrected chi connectivity index (χ0v) is 21.8. The Bertz CT molecular complexity index is 510. The van der Waals surface area contributed by atoms with Gasteiger partial charge in [-0.05, 0) is 37.5 Å². The number of rotatable bonds is 18. The summed E-state index contributed by atoms with van der Waals surface area (Å²) in [7, 11) is 0. The smallest absolute Gasteiger partial charge is 0.309 e. The standard InChI is InChI=1S/C28H50O5/c1-21(2)15-11-7-5-9-13-17-31-27(29)23-19-25-26(33-25)20-24(23)28(30)32-18-14-10-6-8-12-16-22(3)4/h21-26H,5-20H2,1-4H3. The van der Waals surface area contributed by atoms with Gasteiger partial charge in [0.05, 0.1) is 37.3 Å². The molecule has 1 aliphatic heterocycles. The van der Waals surface area contributed by atoms with E-state index in [1.165, 1.54) is 51.4 Å². The van der Waals surface area contributed by atoms with Crippen LogP contribution in [-0.4, -0.2) is 37.4 Å². The van der Waals surface area contributed by atoms with Gasteiger partial charge in [0.25, 0.3) is 0 Å². The maximum atomic E-state index is 12.7. The molecule has 1 saturated carbocycles. The van der Waals surface area contributed by atoms with Crippen molar-refractivity contribution >= 4 is 11.9 Å². The van der Waals surface area contributed by atoms with E-state index in [0.717, 1.165) is 37.5 Å². The molecule has 5 nitrogen and oxygen atoms in total. The van der Waals surface area contributed by atoms with E-state index in [-0.39, 0.29) is 24.1 Å². The summed E-state index contributed by atoms with van der Waals surface area (Å²) in [5, 5.41) is 0. The number of hydrogen-bond donors (Lipinski definition) is 0. The monoisotopic (exact) mass is 466 g/mol. The second-order valence-corrected chi connectivity index (χ2v) is 11.1. The van der Waals surface area contributed by atoms with Crippen molar-refractivity contribution in [2.75, 3.05) is 13.2 Å². The number of carbonyl (C=O) groups excluding carboxylic acids is 2. The highest BCUT2D eigenvalue weighted by atomic mass is 16.6. The van der Waals surface area contributed by atoms with Crippen LogP contribution in [0.1, 0.15) is 118 Å². The van der Waals surface area contributed by atoms with E-state index in [1.54, 1.807) is 0 Å². The van der Waals surface area contributed by atoms with Crippen LogP contribution in [0.3, 0.4) is 0 Å². The average Bonchev–Trinajstić information content (AvgIpc) is 3.54. The first-order chi connectivity index (χ1) is 15.9. The lowest BCUT2D eigenvalue weighted by molar-refractivity contribution is -0.162. The van der Waals surface area contributed by atoms with E-state index in [9.17, 15) is 9.59 Å². The highest BCUT2D eigenvalue weighted by molar-refractivity contribution is 5.82. The average molecular weight is 467 g/mol. The molecule has 0 spiro atoms. The van der Waals surface area contributed by atoms with E-state index in [1.807, 2.05) is 0 Å². The van der Waals surface area contributed by atoms with Gasteiger partial charge in [0, 0.05) is 0 Å². The molecule has 0 bridgehead atoms. The van der Waals surface area contributed by atoms with Crippen LogP contribution >= 0.6 is 0 Å². The summed E-state index contributed by atoms with van der Waals surface area (Å²) in [6.07, 6.45) is 15.4. The number of epoxide rings is 1. The van der Waals surface area contributed by atoms with Crippen LogP contribution in [0.5, 0.6) is 0 Å². The summed E-state index contributed by atoms with van der Waals surface area (Å²) in [5.41, 5.74) is 0. The highest BCUT2D eigenvalue weighted by Gasteiger charge is 2.53. The van der Waals surface area contributed by atoms with Crippen LogP contribution in [0, 0.1) is 23.7 Å². The minimum absolute atomic E-state index is 0.124. The van der Waals surface area contributed by atoms with Crippen molar-refractivity contribution in [2.45, 2.75) is 130 Å². The first kappa shape index (κ1) is 28.1. The van der Waals surface area contributed by atoms with Crippen LogP contribution in [0.2, 0.25) is 0 Å². The zero-order valence-electron chi connectivity index (χ0n) is 21.8. The molecule has 4 atom stereocenters. The molecule has 2 fully saturated rings. The summed E-state index contributed by atoms with van der Waals surface area (Å²) in [5.74, 6) is 0.241. The third kappa shape index (κ3) is 11.7. The molecule has 2 rings (SSSR count). The van der Waals surface area contributed by atoms with Gasteiger partial charge in [-0.3, -0.25) is 9.59 Å². The second-order valence-electron chi connectivity index (χ2n) is 11.1. The SMILES string of the molecule is CC(C)CCCCCCCOC(=O)C1CC2OC2CC1C(=O)OCCCCCCCC(C)C. The van der Waals surface area contributed by atoms with Crippen LogP contribution in [-0.2, 0) is 23.8 Å². The molecule has 4 unspecified atom stereocenters. The van der Waals surface area contributed by atoms with Gasteiger partial charge in [-0.1, -0.05) is 91.9 Å². The largest absolute Gasteiger partial charge is 0.465 e. The van der Waals surface area contributed by atoms with Crippen LogP contribution in [0.4, 0.5) is 0 Å². The van der Waals surface area contributed by atoms with E-state index < -0.39 is 11.8 Å². The number of ether oxygens (including phenoxy) is 3. The predicted octanol–water partition coefficient (Wildman–Crippen LogP) is 6.86. The first-order valence-corrected chi connectivity index (χ1v) is 13.9. The number of fused-ring (bicyclic) bond motifs is 1. The molecule has 0 N–H and O–H groups in total. The van der Waals surface area contributed by atoms with Crippen LogP contribution in [0.25, 0.3) is 0 Å². The Labute approximate surface area is 202 Å². The Morgan fingerprint density at radius 1 is 0.636 bits per heavy atom. The summed E-state index contributed by atoms with van der Waals surface area (Å²) in [4.78, 5) is 25.5. The van der Waals surface area contributed by atoms with E-state index in [4.69, 9.17) is 14.2 Å². The molecule has 2 aliphatic rings. The summed E-state index contributed by atoms with van der Waals surface area (Å²) >= 11 is 0. The van der Waals surface area contributed by atoms with E-state index in [2.05, 4.69) is 27.7 Å². The second kappa shape index (κ2) is 15.7. The number of unbranched alkanes of at least 4 members (excludes halogenated alkanes) is 8. The molecule has 1 saturated heterocycles. The van der Waals surface area contributed by atoms with Gasteiger partial charge in [0.1, 0.15) is 0 Å². The maximum Gasteiger partial charge on any atom is 0.309 e. The molecular formula is C28H50O5. The van der Waals surface area contributed by atoms with Gasteiger partial charge in [0.2, 0.25) is 0 Å². The molecular weight excluding hydrogens is 416 g/mol. The van der Waals surface area contributed by atoms with Crippen molar-refractivity contribution in [3.8, 4) is 0 Å². The minimum atomic E-state index is -0.414. The Balaban J connectivity index is 1.59. The molecule has 1 heterocycles. The first-order valence-electron chi connectivity index (χ1n) is 13.9. The maximum absolute atomic E-state index is 12.7. The fourth-order valence-electron chi connectivity index (χ4n) is 4.87. The Morgan fingerprint density at radius 3 is 1.39 bits per heavy atom. The molecule has 0 aromatic heterocycles. The lowest BCUT2D eigenvalue weighted by atomic mass is 9.79. The molecule has 1 aliphatic carbocycles. The van der Waals surface area contributed by atoms with Crippen molar-refractivity contribution in [2.24, 2.45) is 23.7 Å². The van der Waals surface area contributed by atoms with Crippen molar-refractivity contribution < 1.29 is 23.8 Å². The molecule has 192 valence electrons. The summed E-state index contributed by atoms with van der Waals surface area (Å²) < 4.78 is 16.8. The molecule has 33 heavy (non-hydrogen) atoms.